The molecule has 0 spiro atoms. The van der Waals surface area contributed by atoms with Gasteiger partial charge in [0, 0.05) is 61.9 Å². The standard InChI is InChI=1S/C27H30F2N4O4S/c1-5-31(6-2)22(34)11-18-13-32(15(3)4)27(37)23-25(36)24(35)20(14-33(18)23)26-30-12-19(38-26)9-16-7-8-17(28)10-21(16)29/h7-8,10,12,14-15,18,36H,5-6,9,11,13H2,1-4H3. The third kappa shape index (κ3) is 5.20. The molecule has 202 valence electrons. The van der Waals surface area contributed by atoms with Gasteiger partial charge in [-0.05, 0) is 39.3 Å². The maximum atomic E-state index is 14.1. The van der Waals surface area contributed by atoms with Crippen LogP contribution in [0.3, 0.4) is 0 Å². The van der Waals surface area contributed by atoms with Crippen LogP contribution in [0.2, 0.25) is 0 Å². The molecule has 1 atom stereocenters. The van der Waals surface area contributed by atoms with E-state index in [-0.39, 0.29) is 53.2 Å². The Morgan fingerprint density at radius 2 is 1.95 bits per heavy atom. The third-order valence-corrected chi connectivity index (χ3v) is 7.82. The Bertz CT molecular complexity index is 1430. The van der Waals surface area contributed by atoms with Crippen LogP contribution in [0.5, 0.6) is 5.75 Å². The fourth-order valence-electron chi connectivity index (χ4n) is 4.69. The summed E-state index contributed by atoms with van der Waals surface area (Å²) in [5.41, 5.74) is -0.548. The molecule has 0 radical (unpaired) electrons. The summed E-state index contributed by atoms with van der Waals surface area (Å²) in [6.07, 6.45) is 3.20. The number of hydrogen-bond acceptors (Lipinski definition) is 6. The maximum absolute atomic E-state index is 14.1. The van der Waals surface area contributed by atoms with Gasteiger partial charge < -0.3 is 19.5 Å². The molecule has 0 bridgehead atoms. The van der Waals surface area contributed by atoms with Crippen molar-refractivity contribution in [3.63, 3.8) is 0 Å². The van der Waals surface area contributed by atoms with Crippen LogP contribution in [0.1, 0.15) is 61.1 Å². The molecule has 1 aliphatic heterocycles. The minimum atomic E-state index is -0.752. The number of aromatic nitrogens is 2. The maximum Gasteiger partial charge on any atom is 0.274 e. The van der Waals surface area contributed by atoms with E-state index < -0.39 is 34.8 Å². The molecule has 38 heavy (non-hydrogen) atoms. The number of halogens is 2. The molecule has 0 aliphatic carbocycles. The van der Waals surface area contributed by atoms with E-state index in [9.17, 15) is 28.3 Å². The Kier molecular flexibility index (Phi) is 7.96. The SMILES string of the molecule is CCN(CC)C(=O)CC1CN(C(C)C)C(=O)c2c(O)c(=O)c(-c3ncc(Cc4ccc(F)cc4F)s3)cn21. The molecule has 1 aliphatic rings. The lowest BCUT2D eigenvalue weighted by Gasteiger charge is -2.39. The van der Waals surface area contributed by atoms with Crippen LogP contribution in [0.15, 0.2) is 35.4 Å². The molecular weight excluding hydrogens is 514 g/mol. The number of thiazole rings is 1. The highest BCUT2D eigenvalue weighted by Gasteiger charge is 2.37. The second-order valence-corrected chi connectivity index (χ2v) is 10.6. The van der Waals surface area contributed by atoms with Crippen molar-refractivity contribution in [2.45, 2.75) is 52.6 Å². The minimum Gasteiger partial charge on any atom is -0.503 e. The Morgan fingerprint density at radius 3 is 2.58 bits per heavy atom. The molecule has 8 nitrogen and oxygen atoms in total. The summed E-state index contributed by atoms with van der Waals surface area (Å²) in [4.78, 5) is 47.6. The number of amides is 2. The first-order valence-electron chi connectivity index (χ1n) is 12.5. The van der Waals surface area contributed by atoms with Crippen molar-refractivity contribution in [1.29, 1.82) is 0 Å². The smallest absolute Gasteiger partial charge is 0.274 e. The summed E-state index contributed by atoms with van der Waals surface area (Å²) < 4.78 is 28.9. The zero-order chi connectivity index (χ0) is 27.7. The number of pyridine rings is 1. The van der Waals surface area contributed by atoms with Gasteiger partial charge in [0.05, 0.1) is 11.6 Å². The van der Waals surface area contributed by atoms with E-state index in [2.05, 4.69) is 4.98 Å². The normalized spacial score (nSPS) is 15.2. The van der Waals surface area contributed by atoms with Gasteiger partial charge in [-0.25, -0.2) is 13.8 Å². The monoisotopic (exact) mass is 544 g/mol. The largest absolute Gasteiger partial charge is 0.503 e. The van der Waals surface area contributed by atoms with Crippen molar-refractivity contribution in [3.8, 4) is 16.3 Å². The number of nitrogens with zero attached hydrogens (tertiary/aromatic N) is 4. The number of carbonyl (C=O) groups is 2. The van der Waals surface area contributed by atoms with E-state index in [4.69, 9.17) is 0 Å². The van der Waals surface area contributed by atoms with E-state index in [0.717, 1.165) is 17.4 Å². The molecule has 0 saturated carbocycles. The highest BCUT2D eigenvalue weighted by Crippen LogP contribution is 2.33. The number of rotatable bonds is 8. The predicted molar refractivity (Wildman–Crippen MR) is 140 cm³/mol. The highest BCUT2D eigenvalue weighted by atomic mass is 32.1. The van der Waals surface area contributed by atoms with Gasteiger partial charge >= 0.3 is 0 Å². The van der Waals surface area contributed by atoms with Crippen molar-refractivity contribution >= 4 is 23.2 Å². The molecule has 3 heterocycles. The molecule has 2 amide bonds. The second kappa shape index (κ2) is 11.0. The second-order valence-electron chi connectivity index (χ2n) is 9.50. The lowest BCUT2D eigenvalue weighted by Crippen LogP contribution is -2.48. The molecule has 1 unspecified atom stereocenters. The van der Waals surface area contributed by atoms with Gasteiger partial charge in [-0.1, -0.05) is 6.07 Å². The van der Waals surface area contributed by atoms with E-state index in [0.29, 0.717) is 18.0 Å². The molecule has 11 heteroatoms. The first kappa shape index (κ1) is 27.4. The number of hydrogen-bond donors (Lipinski definition) is 1. The van der Waals surface area contributed by atoms with Crippen molar-refractivity contribution < 1.29 is 23.5 Å². The van der Waals surface area contributed by atoms with Gasteiger partial charge in [-0.2, -0.15) is 0 Å². The predicted octanol–water partition coefficient (Wildman–Crippen LogP) is 4.21. The van der Waals surface area contributed by atoms with Crippen molar-refractivity contribution in [2.24, 2.45) is 0 Å². The van der Waals surface area contributed by atoms with Crippen LogP contribution in [0, 0.1) is 11.6 Å². The number of benzene rings is 1. The average molecular weight is 545 g/mol. The molecule has 3 aromatic rings. The van der Waals surface area contributed by atoms with Crippen LogP contribution in [-0.4, -0.2) is 61.9 Å². The third-order valence-electron chi connectivity index (χ3n) is 6.79. The lowest BCUT2D eigenvalue weighted by atomic mass is 10.0. The summed E-state index contributed by atoms with van der Waals surface area (Å²) in [6.45, 7) is 8.77. The molecule has 1 aromatic carbocycles. The summed E-state index contributed by atoms with van der Waals surface area (Å²) in [6, 6.07) is 2.63. The van der Waals surface area contributed by atoms with Gasteiger partial charge in [-0.3, -0.25) is 14.4 Å². The number of aromatic hydroxyl groups is 1. The zero-order valence-corrected chi connectivity index (χ0v) is 22.5. The first-order valence-corrected chi connectivity index (χ1v) is 13.3. The summed E-state index contributed by atoms with van der Waals surface area (Å²) in [7, 11) is 0. The quantitative estimate of drug-likeness (QED) is 0.459. The zero-order valence-electron chi connectivity index (χ0n) is 21.7. The van der Waals surface area contributed by atoms with Crippen LogP contribution in [0.25, 0.3) is 10.6 Å². The molecule has 0 fully saturated rings. The minimum absolute atomic E-state index is 0.0770. The molecule has 2 aromatic heterocycles. The lowest BCUT2D eigenvalue weighted by molar-refractivity contribution is -0.131. The van der Waals surface area contributed by atoms with Crippen LogP contribution < -0.4 is 5.43 Å². The summed E-state index contributed by atoms with van der Waals surface area (Å²) in [5, 5.41) is 11.2. The number of carbonyl (C=O) groups excluding carboxylic acids is 2. The fraction of sp³-hybridized carbons (Fsp3) is 0.407. The van der Waals surface area contributed by atoms with Gasteiger partial charge in [-0.15, -0.1) is 11.3 Å². The van der Waals surface area contributed by atoms with Crippen molar-refractivity contribution in [2.75, 3.05) is 19.6 Å². The summed E-state index contributed by atoms with van der Waals surface area (Å²) >= 11 is 1.13. The molecule has 4 rings (SSSR count). The Morgan fingerprint density at radius 1 is 1.24 bits per heavy atom. The van der Waals surface area contributed by atoms with E-state index in [1.807, 2.05) is 27.7 Å². The molecule has 1 N–H and O–H groups in total. The van der Waals surface area contributed by atoms with Crippen LogP contribution in [0.4, 0.5) is 8.78 Å². The fourth-order valence-corrected chi connectivity index (χ4v) is 5.63. The highest BCUT2D eigenvalue weighted by molar-refractivity contribution is 7.15. The Labute approximate surface area is 223 Å². The Hall–Kier alpha value is -3.60. The van der Waals surface area contributed by atoms with Crippen LogP contribution >= 0.6 is 11.3 Å². The van der Waals surface area contributed by atoms with E-state index >= 15 is 0 Å². The van der Waals surface area contributed by atoms with Gasteiger partial charge in [0.1, 0.15) is 16.6 Å². The van der Waals surface area contributed by atoms with E-state index in [1.165, 1.54) is 29.1 Å². The molecular formula is C27H30F2N4O4S. The van der Waals surface area contributed by atoms with Crippen LogP contribution in [-0.2, 0) is 11.2 Å². The topological polar surface area (TPSA) is 95.7 Å². The summed E-state index contributed by atoms with van der Waals surface area (Å²) in [5.74, 6) is -2.63. The average Bonchev–Trinajstić information content (AvgIpc) is 3.33. The van der Waals surface area contributed by atoms with Gasteiger partial charge in [0.25, 0.3) is 5.91 Å². The molecule has 0 saturated heterocycles. The first-order chi connectivity index (χ1) is 18.0. The number of fused-ring (bicyclic) bond motifs is 1. The Balaban J connectivity index is 1.75. The van der Waals surface area contributed by atoms with E-state index in [1.54, 1.807) is 9.80 Å². The van der Waals surface area contributed by atoms with Crippen molar-refractivity contribution in [1.82, 2.24) is 19.4 Å². The van der Waals surface area contributed by atoms with Crippen molar-refractivity contribution in [3.05, 3.63) is 68.6 Å². The van der Waals surface area contributed by atoms with Gasteiger partial charge in [0.2, 0.25) is 11.3 Å². The van der Waals surface area contributed by atoms with Gasteiger partial charge in [0.15, 0.2) is 11.4 Å².